The van der Waals surface area contributed by atoms with E-state index in [1.54, 1.807) is 0 Å². The van der Waals surface area contributed by atoms with E-state index in [-0.39, 0.29) is 12.0 Å². The number of rotatable bonds is 5. The van der Waals surface area contributed by atoms with Gasteiger partial charge < -0.3 is 4.90 Å². The minimum Gasteiger partial charge on any atom is -0.333 e. The molecule has 1 aliphatic carbocycles. The Bertz CT molecular complexity index is 3910. The van der Waals surface area contributed by atoms with Gasteiger partial charge in [-0.25, -0.2) is 9.97 Å². The zero-order valence-corrected chi connectivity index (χ0v) is 36.0. The van der Waals surface area contributed by atoms with Gasteiger partial charge in [-0.3, -0.25) is 4.57 Å². The number of benzene rings is 9. The topological polar surface area (TPSA) is 34.0 Å². The summed E-state index contributed by atoms with van der Waals surface area (Å²) in [7, 11) is 0. The molecule has 9 aromatic carbocycles. The number of fused-ring (bicyclic) bond motifs is 13. The van der Waals surface area contributed by atoms with Crippen molar-refractivity contribution in [2.75, 3.05) is 4.90 Å². The van der Waals surface area contributed by atoms with Gasteiger partial charge in [0.25, 0.3) is 0 Å². The van der Waals surface area contributed by atoms with Gasteiger partial charge in [-0.15, -0.1) is 11.3 Å². The van der Waals surface area contributed by atoms with Gasteiger partial charge in [0.05, 0.1) is 33.7 Å². The average Bonchev–Trinajstić information content (AvgIpc) is 4.07. The molecule has 5 heteroatoms. The molecule has 2 atom stereocenters. The molecule has 14 rings (SSSR count). The van der Waals surface area contributed by atoms with Gasteiger partial charge in [-0.1, -0.05) is 176 Å². The molecular weight excluding hydrogens is 809 g/mol. The van der Waals surface area contributed by atoms with Crippen LogP contribution in [0, 0.1) is 0 Å². The van der Waals surface area contributed by atoms with Gasteiger partial charge in [-0.2, -0.15) is 0 Å². The third kappa shape index (κ3) is 5.49. The minimum atomic E-state index is 0.152. The van der Waals surface area contributed by atoms with Gasteiger partial charge in [0, 0.05) is 43.1 Å². The zero-order chi connectivity index (χ0) is 42.6. The summed E-state index contributed by atoms with van der Waals surface area (Å²) in [6.45, 7) is 0. The fourth-order valence-corrected chi connectivity index (χ4v) is 12.1. The lowest BCUT2D eigenvalue weighted by molar-refractivity contribution is 0.725. The Morgan fingerprint density at radius 3 is 2.08 bits per heavy atom. The summed E-state index contributed by atoms with van der Waals surface area (Å²) < 4.78 is 3.60. The third-order valence-corrected chi connectivity index (χ3v) is 14.9. The SMILES string of the molecule is C1=C[C@@H]2C(c3ccccc31)c1cccc(-c3ccc4c(c3)c3c5ccccc5ccc3n4-c3nc(-c4ccccc4)nc4ccc5cc(-c6ccccc6)sc5c34)c1N2c1ccccc1. The highest BCUT2D eigenvalue weighted by Crippen LogP contribution is 2.55. The Hall–Kier alpha value is -8.12. The fraction of sp³-hybridized carbons (Fsp3) is 0.0333. The maximum absolute atomic E-state index is 5.60. The minimum absolute atomic E-state index is 0.152. The Kier molecular flexibility index (Phi) is 7.94. The molecule has 0 saturated carbocycles. The molecule has 12 aromatic rings. The molecule has 2 aliphatic rings. The lowest BCUT2D eigenvalue weighted by Gasteiger charge is -2.32. The van der Waals surface area contributed by atoms with E-state index in [2.05, 4.69) is 222 Å². The summed E-state index contributed by atoms with van der Waals surface area (Å²) in [6, 6.07) is 75.2. The molecule has 1 unspecified atom stereocenters. The Morgan fingerprint density at radius 2 is 1.22 bits per heavy atom. The van der Waals surface area contributed by atoms with Crippen LogP contribution < -0.4 is 4.90 Å². The average molecular weight is 847 g/mol. The van der Waals surface area contributed by atoms with E-state index in [1.165, 1.54) is 81.3 Å². The second-order valence-electron chi connectivity index (χ2n) is 17.2. The number of hydrogen-bond donors (Lipinski definition) is 0. The van der Waals surface area contributed by atoms with E-state index in [1.807, 2.05) is 17.4 Å². The Labute approximate surface area is 379 Å². The molecule has 65 heavy (non-hydrogen) atoms. The number of nitrogens with zero attached hydrogens (tertiary/aromatic N) is 4. The van der Waals surface area contributed by atoms with Crippen molar-refractivity contribution in [3.63, 3.8) is 0 Å². The number of hydrogen-bond acceptors (Lipinski definition) is 4. The van der Waals surface area contributed by atoms with Crippen molar-refractivity contribution < 1.29 is 0 Å². The summed E-state index contributed by atoms with van der Waals surface area (Å²) >= 11 is 1.82. The van der Waals surface area contributed by atoms with Crippen LogP contribution in [-0.2, 0) is 0 Å². The second-order valence-corrected chi connectivity index (χ2v) is 18.3. The molecule has 0 spiro atoms. The highest BCUT2D eigenvalue weighted by atomic mass is 32.1. The van der Waals surface area contributed by atoms with Gasteiger partial charge in [-0.05, 0) is 86.4 Å². The van der Waals surface area contributed by atoms with Crippen LogP contribution in [0.25, 0.3) is 98.4 Å². The van der Waals surface area contributed by atoms with Crippen LogP contribution in [-0.4, -0.2) is 20.6 Å². The Morgan fingerprint density at radius 1 is 0.492 bits per heavy atom. The lowest BCUT2D eigenvalue weighted by Crippen LogP contribution is -2.30. The van der Waals surface area contributed by atoms with Gasteiger partial charge in [0.1, 0.15) is 0 Å². The molecule has 4 nitrogen and oxygen atoms in total. The quantitative estimate of drug-likeness (QED) is 0.173. The fourth-order valence-electron chi connectivity index (χ4n) is 10.9. The number of aromatic nitrogens is 3. The molecule has 0 amide bonds. The molecule has 0 bridgehead atoms. The first kappa shape index (κ1) is 36.4. The highest BCUT2D eigenvalue weighted by Gasteiger charge is 2.42. The third-order valence-electron chi connectivity index (χ3n) is 13.7. The van der Waals surface area contributed by atoms with Crippen molar-refractivity contribution in [1.29, 1.82) is 0 Å². The van der Waals surface area contributed by atoms with E-state index in [4.69, 9.17) is 9.97 Å². The molecular formula is C60H38N4S. The van der Waals surface area contributed by atoms with Crippen LogP contribution in [0.5, 0.6) is 0 Å². The van der Waals surface area contributed by atoms with Crippen LogP contribution in [0.15, 0.2) is 212 Å². The maximum Gasteiger partial charge on any atom is 0.162 e. The van der Waals surface area contributed by atoms with Crippen LogP contribution in [0.1, 0.15) is 22.6 Å². The standard InChI is InChI=1S/C60H38N4S/c1-4-17-39(18-5-1)53-36-42-27-31-49-56(58(42)65-53)60(62-59(61-49)40-19-6-2-7-20-40)64-50-32-30-41(35-48(50)55-45-24-13-11-16-38(45)29-34-52(55)64)46-25-14-26-47-54-44-23-12-10-15-37(44)28-33-51(54)63(57(46)47)43-21-8-3-9-22-43/h1-36,51,54H/t51-,54?/m1/s1. The normalized spacial score (nSPS) is 15.3. The molecule has 1 aliphatic heterocycles. The maximum atomic E-state index is 5.60. The monoisotopic (exact) mass is 846 g/mol. The lowest BCUT2D eigenvalue weighted by atomic mass is 9.81. The molecule has 0 N–H and O–H groups in total. The van der Waals surface area contributed by atoms with Gasteiger partial charge >= 0.3 is 0 Å². The van der Waals surface area contributed by atoms with Crippen molar-refractivity contribution in [2.45, 2.75) is 12.0 Å². The van der Waals surface area contributed by atoms with Crippen molar-refractivity contribution >= 4 is 82.4 Å². The highest BCUT2D eigenvalue weighted by molar-refractivity contribution is 7.23. The smallest absolute Gasteiger partial charge is 0.162 e. The number of para-hydroxylation sites is 2. The summed E-state index contributed by atoms with van der Waals surface area (Å²) in [5.74, 6) is 1.80. The van der Waals surface area contributed by atoms with E-state index in [0.717, 1.165) is 33.3 Å². The molecule has 0 saturated heterocycles. The van der Waals surface area contributed by atoms with E-state index >= 15 is 0 Å². The first-order valence-electron chi connectivity index (χ1n) is 22.3. The predicted molar refractivity (Wildman–Crippen MR) is 273 cm³/mol. The zero-order valence-electron chi connectivity index (χ0n) is 35.1. The van der Waals surface area contributed by atoms with Crippen LogP contribution in [0.2, 0.25) is 0 Å². The van der Waals surface area contributed by atoms with Crippen molar-refractivity contribution in [3.8, 4) is 38.8 Å². The molecule has 0 fully saturated rings. The van der Waals surface area contributed by atoms with E-state index in [0.29, 0.717) is 5.82 Å². The van der Waals surface area contributed by atoms with Crippen LogP contribution in [0.3, 0.4) is 0 Å². The van der Waals surface area contributed by atoms with E-state index in [9.17, 15) is 0 Å². The van der Waals surface area contributed by atoms with Gasteiger partial charge in [0.15, 0.2) is 11.6 Å². The Balaban J connectivity index is 1.06. The molecule has 304 valence electrons. The van der Waals surface area contributed by atoms with E-state index < -0.39 is 0 Å². The van der Waals surface area contributed by atoms with Crippen molar-refractivity contribution in [1.82, 2.24) is 14.5 Å². The molecule has 0 radical (unpaired) electrons. The predicted octanol–water partition coefficient (Wildman–Crippen LogP) is 15.8. The summed E-state index contributed by atoms with van der Waals surface area (Å²) in [4.78, 5) is 14.7. The van der Waals surface area contributed by atoms with Crippen molar-refractivity contribution in [3.05, 3.63) is 229 Å². The number of thiophene rings is 1. The molecule has 4 heterocycles. The summed E-state index contributed by atoms with van der Waals surface area (Å²) in [5, 5.41) is 7.08. The first-order valence-corrected chi connectivity index (χ1v) is 23.1. The molecule has 3 aromatic heterocycles. The van der Waals surface area contributed by atoms with Gasteiger partial charge in [0.2, 0.25) is 0 Å². The summed E-state index contributed by atoms with van der Waals surface area (Å²) in [6.07, 6.45) is 4.73. The van der Waals surface area contributed by atoms with Crippen LogP contribution >= 0.6 is 11.3 Å². The number of anilines is 2. The van der Waals surface area contributed by atoms with Crippen molar-refractivity contribution in [2.24, 2.45) is 0 Å². The largest absolute Gasteiger partial charge is 0.333 e. The summed E-state index contributed by atoms with van der Waals surface area (Å²) in [5.41, 5.74) is 14.2. The first-order chi connectivity index (χ1) is 32.2. The second kappa shape index (κ2) is 14.2. The van der Waals surface area contributed by atoms with Crippen LogP contribution in [0.4, 0.5) is 11.4 Å².